The van der Waals surface area contributed by atoms with Gasteiger partial charge in [0.1, 0.15) is 18.3 Å². The highest BCUT2D eigenvalue weighted by atomic mass is 33.1. The quantitative estimate of drug-likeness (QED) is 0.151. The lowest BCUT2D eigenvalue weighted by Crippen LogP contribution is -2.48. The van der Waals surface area contributed by atoms with Gasteiger partial charge in [0.2, 0.25) is 0 Å². The van der Waals surface area contributed by atoms with Crippen LogP contribution in [0.4, 0.5) is 0 Å². The number of thiol groups is 1. The highest BCUT2D eigenvalue weighted by molar-refractivity contribution is 8.67. The molecule has 0 aliphatic rings. The molecule has 0 heterocycles. The van der Waals surface area contributed by atoms with Crippen molar-refractivity contribution in [3.05, 3.63) is 0 Å². The summed E-state index contributed by atoms with van der Waals surface area (Å²) in [7, 11) is 0.953. The minimum absolute atomic E-state index is 0.00451. The van der Waals surface area contributed by atoms with Gasteiger partial charge in [-0.1, -0.05) is 11.7 Å². The molecule has 0 aromatic heterocycles. The van der Waals surface area contributed by atoms with Crippen LogP contribution in [-0.4, -0.2) is 63.1 Å². The van der Waals surface area contributed by atoms with Crippen LogP contribution in [0.25, 0.3) is 0 Å². The molecule has 0 unspecified atom stereocenters. The molecule has 14 heavy (non-hydrogen) atoms. The summed E-state index contributed by atoms with van der Waals surface area (Å²) >= 11 is 3.74. The molecule has 0 aromatic rings. The molecule has 0 aromatic carbocycles. The Kier molecular flexibility index (Phi) is 7.97. The number of aliphatic hydroxyl groups excluding tert-OH is 5. The third kappa shape index (κ3) is 4.80. The second kappa shape index (κ2) is 7.71. The van der Waals surface area contributed by atoms with Gasteiger partial charge in [-0.2, -0.15) is 0 Å². The Morgan fingerprint density at radius 3 is 2.00 bits per heavy atom. The van der Waals surface area contributed by atoms with Crippen molar-refractivity contribution in [3.8, 4) is 0 Å². The van der Waals surface area contributed by atoms with E-state index in [-0.39, 0.29) is 6.54 Å². The van der Waals surface area contributed by atoms with E-state index in [1.165, 1.54) is 0 Å². The van der Waals surface area contributed by atoms with Crippen LogP contribution in [-0.2, 0) is 0 Å². The van der Waals surface area contributed by atoms with Gasteiger partial charge in [-0.15, -0.1) is 0 Å². The van der Waals surface area contributed by atoms with Crippen LogP contribution < -0.4 is 4.72 Å². The molecule has 86 valence electrons. The van der Waals surface area contributed by atoms with Gasteiger partial charge in [0.25, 0.3) is 0 Å². The standard InChI is InChI=1S/C6H15NO5S2/c8-2-4(10)6(12)5(11)3(9)1-7-14-13/h3-13H,1-2H2/t3-,4+,5+,6+/m0/s1. The summed E-state index contributed by atoms with van der Waals surface area (Å²) in [6.45, 7) is -0.676. The normalized spacial score (nSPS) is 20.1. The molecule has 0 amide bonds. The van der Waals surface area contributed by atoms with Crippen molar-refractivity contribution >= 4 is 22.6 Å². The van der Waals surface area contributed by atoms with E-state index in [2.05, 4.69) is 16.4 Å². The molecule has 0 saturated carbocycles. The fourth-order valence-corrected chi connectivity index (χ4v) is 1.28. The zero-order chi connectivity index (χ0) is 11.1. The summed E-state index contributed by atoms with van der Waals surface area (Å²) in [4.78, 5) is 0. The highest BCUT2D eigenvalue weighted by Crippen LogP contribution is 2.06. The molecule has 0 saturated heterocycles. The fraction of sp³-hybridized carbons (Fsp3) is 1.00. The molecule has 0 rings (SSSR count). The summed E-state index contributed by atoms with van der Waals surface area (Å²) in [5.74, 6) is 0. The van der Waals surface area contributed by atoms with Crippen LogP contribution in [0.2, 0.25) is 0 Å². The second-order valence-electron chi connectivity index (χ2n) is 2.74. The molecule has 0 fully saturated rings. The maximum Gasteiger partial charge on any atom is 0.111 e. The Morgan fingerprint density at radius 2 is 1.57 bits per heavy atom. The van der Waals surface area contributed by atoms with Crippen LogP contribution in [0.3, 0.4) is 0 Å². The molecule has 8 heteroatoms. The summed E-state index contributed by atoms with van der Waals surface area (Å²) < 4.78 is 2.56. The Bertz CT molecular complexity index is 152. The van der Waals surface area contributed by atoms with Crippen molar-refractivity contribution in [3.63, 3.8) is 0 Å². The zero-order valence-electron chi connectivity index (χ0n) is 7.32. The van der Waals surface area contributed by atoms with Gasteiger partial charge in [0.15, 0.2) is 0 Å². The smallest absolute Gasteiger partial charge is 0.111 e. The van der Waals surface area contributed by atoms with Crippen molar-refractivity contribution in [2.75, 3.05) is 13.2 Å². The third-order valence-electron chi connectivity index (χ3n) is 1.68. The summed E-state index contributed by atoms with van der Waals surface area (Å²) in [6.07, 6.45) is -5.82. The van der Waals surface area contributed by atoms with Gasteiger partial charge in [-0.05, 0) is 11.0 Å². The predicted octanol–water partition coefficient (Wildman–Crippen LogP) is -2.50. The van der Waals surface area contributed by atoms with Crippen LogP contribution >= 0.6 is 22.6 Å². The minimum Gasteiger partial charge on any atom is -0.394 e. The second-order valence-corrected chi connectivity index (χ2v) is 3.76. The van der Waals surface area contributed by atoms with Gasteiger partial charge < -0.3 is 25.5 Å². The van der Waals surface area contributed by atoms with E-state index in [1.54, 1.807) is 0 Å². The van der Waals surface area contributed by atoms with Crippen molar-refractivity contribution in [1.29, 1.82) is 0 Å². The van der Waals surface area contributed by atoms with Crippen LogP contribution in [0.15, 0.2) is 0 Å². The summed E-state index contributed by atoms with van der Waals surface area (Å²) in [5, 5.41) is 45.1. The molecule has 0 spiro atoms. The number of aliphatic hydroxyl groups is 5. The highest BCUT2D eigenvalue weighted by Gasteiger charge is 2.29. The van der Waals surface area contributed by atoms with E-state index in [1.807, 2.05) is 0 Å². The van der Waals surface area contributed by atoms with Crippen molar-refractivity contribution in [2.45, 2.75) is 24.4 Å². The van der Waals surface area contributed by atoms with E-state index < -0.39 is 31.0 Å². The van der Waals surface area contributed by atoms with Crippen LogP contribution in [0, 0.1) is 0 Å². The molecule has 6 N–H and O–H groups in total. The maximum absolute atomic E-state index is 9.27. The Morgan fingerprint density at radius 1 is 1.07 bits per heavy atom. The lowest BCUT2D eigenvalue weighted by atomic mass is 10.0. The van der Waals surface area contributed by atoms with Gasteiger partial charge >= 0.3 is 0 Å². The maximum atomic E-state index is 9.27. The molecule has 0 bridgehead atoms. The van der Waals surface area contributed by atoms with Gasteiger partial charge in [-0.3, -0.25) is 4.72 Å². The first-order valence-corrected chi connectivity index (χ1v) is 5.77. The van der Waals surface area contributed by atoms with E-state index in [0.717, 1.165) is 11.0 Å². The molecular weight excluding hydrogens is 230 g/mol. The monoisotopic (exact) mass is 245 g/mol. The van der Waals surface area contributed by atoms with E-state index in [9.17, 15) is 15.3 Å². The SMILES string of the molecule is OC[C@@H](O)[C@@H](O)[C@H](O)[C@@H](O)CNSS. The van der Waals surface area contributed by atoms with Gasteiger partial charge in [-0.25, -0.2) is 0 Å². The fourth-order valence-electron chi connectivity index (χ4n) is 0.807. The lowest BCUT2D eigenvalue weighted by molar-refractivity contribution is -0.113. The molecule has 6 nitrogen and oxygen atoms in total. The number of rotatable bonds is 7. The van der Waals surface area contributed by atoms with Crippen molar-refractivity contribution in [1.82, 2.24) is 4.72 Å². The predicted molar refractivity (Wildman–Crippen MR) is 55.7 cm³/mol. The zero-order valence-corrected chi connectivity index (χ0v) is 9.03. The van der Waals surface area contributed by atoms with E-state index in [4.69, 9.17) is 10.2 Å². The molecule has 0 aliphatic carbocycles. The first-order chi connectivity index (χ1) is 6.54. The van der Waals surface area contributed by atoms with Gasteiger partial charge in [0.05, 0.1) is 12.7 Å². The average molecular weight is 245 g/mol. The minimum atomic E-state index is -1.58. The number of hydrogen-bond donors (Lipinski definition) is 7. The van der Waals surface area contributed by atoms with E-state index >= 15 is 0 Å². The third-order valence-corrected chi connectivity index (χ3v) is 2.37. The van der Waals surface area contributed by atoms with Crippen molar-refractivity contribution in [2.24, 2.45) is 0 Å². The summed E-state index contributed by atoms with van der Waals surface area (Å²) in [5.41, 5.74) is 0. The first kappa shape index (κ1) is 14.5. The average Bonchev–Trinajstić information content (AvgIpc) is 2.22. The number of hydrogen-bond acceptors (Lipinski definition) is 8. The Balaban J connectivity index is 3.95. The number of nitrogens with one attached hydrogen (secondary N) is 1. The lowest BCUT2D eigenvalue weighted by Gasteiger charge is -2.25. The largest absolute Gasteiger partial charge is 0.394 e. The first-order valence-electron chi connectivity index (χ1n) is 3.91. The molecule has 0 radical (unpaired) electrons. The topological polar surface area (TPSA) is 113 Å². The molecular formula is C6H15NO5S2. The van der Waals surface area contributed by atoms with Crippen LogP contribution in [0.5, 0.6) is 0 Å². The Labute approximate surface area is 90.9 Å². The molecule has 0 aliphatic heterocycles. The van der Waals surface area contributed by atoms with Gasteiger partial charge in [0, 0.05) is 6.54 Å². The van der Waals surface area contributed by atoms with Crippen molar-refractivity contribution < 1.29 is 25.5 Å². The Hall–Kier alpha value is 0.460. The molecule has 4 atom stereocenters. The van der Waals surface area contributed by atoms with Crippen LogP contribution in [0.1, 0.15) is 0 Å². The van der Waals surface area contributed by atoms with E-state index in [0.29, 0.717) is 0 Å². The summed E-state index contributed by atoms with van der Waals surface area (Å²) in [6, 6.07) is 0.